The summed E-state index contributed by atoms with van der Waals surface area (Å²) in [6, 6.07) is 6.55. The Hall–Kier alpha value is -1.88. The van der Waals surface area contributed by atoms with Gasteiger partial charge in [0, 0.05) is 45.6 Å². The van der Waals surface area contributed by atoms with Gasteiger partial charge in [-0.15, -0.1) is 0 Å². The average molecular weight is 386 g/mol. The van der Waals surface area contributed by atoms with Gasteiger partial charge in [0.05, 0.1) is 0 Å². The van der Waals surface area contributed by atoms with E-state index < -0.39 is 0 Å². The van der Waals surface area contributed by atoms with Crippen molar-refractivity contribution in [1.29, 1.82) is 0 Å². The molecular weight excluding hydrogens is 350 g/mol. The van der Waals surface area contributed by atoms with Crippen molar-refractivity contribution in [1.82, 2.24) is 14.7 Å². The van der Waals surface area contributed by atoms with Crippen molar-refractivity contribution in [3.8, 4) is 0 Å². The summed E-state index contributed by atoms with van der Waals surface area (Å²) in [6.45, 7) is 10.1. The predicted molar refractivity (Wildman–Crippen MR) is 112 cm³/mol. The zero-order valence-corrected chi connectivity index (χ0v) is 17.6. The second-order valence-electron chi connectivity index (χ2n) is 8.33. The van der Waals surface area contributed by atoms with Gasteiger partial charge in [-0.1, -0.05) is 18.2 Å². The molecule has 1 aromatic rings. The summed E-state index contributed by atoms with van der Waals surface area (Å²) in [5.41, 5.74) is 3.94. The molecule has 3 rings (SSSR count). The molecule has 0 N–H and O–H groups in total. The molecule has 2 aliphatic heterocycles. The van der Waals surface area contributed by atoms with Crippen LogP contribution in [0.1, 0.15) is 48.8 Å². The van der Waals surface area contributed by atoms with Gasteiger partial charge in [-0.2, -0.15) is 0 Å². The highest BCUT2D eigenvalue weighted by atomic mass is 16.2. The summed E-state index contributed by atoms with van der Waals surface area (Å²) >= 11 is 0. The minimum atomic E-state index is 0.230. The molecule has 0 atom stereocenters. The SMILES string of the molecule is Cc1ccc(CCCC(=O)N2CCN(C(=O)CCN3CCCC3)CC2)cc1C. The first-order valence-electron chi connectivity index (χ1n) is 10.9. The smallest absolute Gasteiger partial charge is 0.223 e. The molecule has 2 heterocycles. The maximum Gasteiger partial charge on any atom is 0.223 e. The predicted octanol–water partition coefficient (Wildman–Crippen LogP) is 2.78. The molecule has 5 heteroatoms. The molecule has 1 aromatic carbocycles. The number of hydrogen-bond acceptors (Lipinski definition) is 3. The van der Waals surface area contributed by atoms with Crippen LogP contribution in [0.25, 0.3) is 0 Å². The summed E-state index contributed by atoms with van der Waals surface area (Å²) in [6.07, 6.45) is 5.56. The van der Waals surface area contributed by atoms with Crippen molar-refractivity contribution in [2.75, 3.05) is 45.8 Å². The highest BCUT2D eigenvalue weighted by Gasteiger charge is 2.24. The first-order valence-corrected chi connectivity index (χ1v) is 10.9. The summed E-state index contributed by atoms with van der Waals surface area (Å²) < 4.78 is 0. The van der Waals surface area contributed by atoms with Gasteiger partial charge in [0.15, 0.2) is 0 Å². The molecule has 0 radical (unpaired) electrons. The number of hydrogen-bond donors (Lipinski definition) is 0. The molecule has 0 saturated carbocycles. The monoisotopic (exact) mass is 385 g/mol. The average Bonchev–Trinajstić information content (AvgIpc) is 3.22. The van der Waals surface area contributed by atoms with Crippen LogP contribution in [0.5, 0.6) is 0 Å². The lowest BCUT2D eigenvalue weighted by molar-refractivity contribution is -0.139. The van der Waals surface area contributed by atoms with Gasteiger partial charge in [-0.3, -0.25) is 9.59 Å². The van der Waals surface area contributed by atoms with Gasteiger partial charge in [0.2, 0.25) is 11.8 Å². The van der Waals surface area contributed by atoms with Crippen LogP contribution in [0.3, 0.4) is 0 Å². The molecule has 2 saturated heterocycles. The zero-order chi connectivity index (χ0) is 19.9. The number of amides is 2. The van der Waals surface area contributed by atoms with Crippen LogP contribution in [0.2, 0.25) is 0 Å². The van der Waals surface area contributed by atoms with Crippen LogP contribution < -0.4 is 0 Å². The molecule has 0 unspecified atom stereocenters. The molecule has 0 aromatic heterocycles. The fourth-order valence-corrected chi connectivity index (χ4v) is 4.18. The van der Waals surface area contributed by atoms with E-state index in [0.717, 1.165) is 32.5 Å². The van der Waals surface area contributed by atoms with E-state index in [1.165, 1.54) is 29.5 Å². The van der Waals surface area contributed by atoms with Crippen molar-refractivity contribution >= 4 is 11.8 Å². The minimum Gasteiger partial charge on any atom is -0.339 e. The molecule has 5 nitrogen and oxygen atoms in total. The standard InChI is InChI=1S/C23H35N3O2/c1-19-8-9-21(18-20(19)2)6-5-7-22(27)25-14-16-26(17-15-25)23(28)10-13-24-11-3-4-12-24/h8-9,18H,3-7,10-17H2,1-2H3. The van der Waals surface area contributed by atoms with Gasteiger partial charge in [0.1, 0.15) is 0 Å². The Bertz CT molecular complexity index is 674. The Morgan fingerprint density at radius 3 is 2.04 bits per heavy atom. The fourth-order valence-electron chi connectivity index (χ4n) is 4.18. The maximum absolute atomic E-state index is 12.5. The number of aryl methyl sites for hydroxylation is 3. The Morgan fingerprint density at radius 2 is 1.43 bits per heavy atom. The number of carbonyl (C=O) groups excluding carboxylic acids is 2. The molecule has 0 spiro atoms. The van der Waals surface area contributed by atoms with Gasteiger partial charge in [-0.25, -0.2) is 0 Å². The molecule has 0 bridgehead atoms. The molecule has 2 amide bonds. The zero-order valence-electron chi connectivity index (χ0n) is 17.6. The largest absolute Gasteiger partial charge is 0.339 e. The lowest BCUT2D eigenvalue weighted by Gasteiger charge is -2.35. The van der Waals surface area contributed by atoms with Crippen molar-refractivity contribution in [3.05, 3.63) is 34.9 Å². The first-order chi connectivity index (χ1) is 13.5. The molecule has 2 fully saturated rings. The normalized spacial score (nSPS) is 17.9. The summed E-state index contributed by atoms with van der Waals surface area (Å²) in [5, 5.41) is 0. The molecule has 0 aliphatic carbocycles. The number of rotatable bonds is 7. The Labute approximate surface area is 169 Å². The van der Waals surface area contributed by atoms with E-state index in [9.17, 15) is 9.59 Å². The van der Waals surface area contributed by atoms with Crippen molar-refractivity contribution < 1.29 is 9.59 Å². The quantitative estimate of drug-likeness (QED) is 0.725. The Balaban J connectivity index is 1.33. The third kappa shape index (κ3) is 5.81. The summed E-state index contributed by atoms with van der Waals surface area (Å²) in [4.78, 5) is 31.2. The van der Waals surface area contributed by atoms with Crippen molar-refractivity contribution in [2.45, 2.75) is 52.4 Å². The molecule has 154 valence electrons. The van der Waals surface area contributed by atoms with E-state index in [2.05, 4.69) is 36.9 Å². The van der Waals surface area contributed by atoms with Crippen LogP contribution in [0.15, 0.2) is 18.2 Å². The third-order valence-electron chi connectivity index (χ3n) is 6.25. The Kier molecular flexibility index (Phi) is 7.49. The minimum absolute atomic E-state index is 0.230. The van der Waals surface area contributed by atoms with E-state index in [-0.39, 0.29) is 11.8 Å². The number of nitrogens with zero attached hydrogens (tertiary/aromatic N) is 3. The van der Waals surface area contributed by atoms with Crippen molar-refractivity contribution in [3.63, 3.8) is 0 Å². The lowest BCUT2D eigenvalue weighted by atomic mass is 10.0. The van der Waals surface area contributed by atoms with Gasteiger partial charge >= 0.3 is 0 Å². The second-order valence-corrected chi connectivity index (χ2v) is 8.33. The van der Waals surface area contributed by atoms with Gasteiger partial charge < -0.3 is 14.7 Å². The maximum atomic E-state index is 12.5. The topological polar surface area (TPSA) is 43.9 Å². The Morgan fingerprint density at radius 1 is 0.821 bits per heavy atom. The van der Waals surface area contributed by atoms with Crippen LogP contribution >= 0.6 is 0 Å². The fraction of sp³-hybridized carbons (Fsp3) is 0.652. The van der Waals surface area contributed by atoms with E-state index in [4.69, 9.17) is 0 Å². The van der Waals surface area contributed by atoms with Crippen LogP contribution in [0, 0.1) is 13.8 Å². The number of piperazine rings is 1. The van der Waals surface area contributed by atoms with Crippen LogP contribution in [0.4, 0.5) is 0 Å². The number of benzene rings is 1. The van der Waals surface area contributed by atoms with E-state index >= 15 is 0 Å². The summed E-state index contributed by atoms with van der Waals surface area (Å²) in [7, 11) is 0. The highest BCUT2D eigenvalue weighted by Crippen LogP contribution is 2.14. The number of carbonyl (C=O) groups is 2. The molecule has 2 aliphatic rings. The molecular formula is C23H35N3O2. The van der Waals surface area contributed by atoms with E-state index in [0.29, 0.717) is 39.0 Å². The van der Waals surface area contributed by atoms with Gasteiger partial charge in [-0.05, 0) is 69.3 Å². The highest BCUT2D eigenvalue weighted by molar-refractivity contribution is 5.78. The second kappa shape index (κ2) is 10.1. The lowest BCUT2D eigenvalue weighted by Crippen LogP contribution is -2.51. The first kappa shape index (κ1) is 20.8. The van der Waals surface area contributed by atoms with Gasteiger partial charge in [0.25, 0.3) is 0 Å². The van der Waals surface area contributed by atoms with Crippen molar-refractivity contribution in [2.24, 2.45) is 0 Å². The van der Waals surface area contributed by atoms with Crippen LogP contribution in [-0.4, -0.2) is 72.3 Å². The number of likely N-dealkylation sites (tertiary alicyclic amines) is 1. The summed E-state index contributed by atoms with van der Waals surface area (Å²) in [5.74, 6) is 0.474. The third-order valence-corrected chi connectivity index (χ3v) is 6.25. The van der Waals surface area contributed by atoms with E-state index in [1.54, 1.807) is 0 Å². The molecule has 28 heavy (non-hydrogen) atoms. The van der Waals surface area contributed by atoms with Crippen LogP contribution in [-0.2, 0) is 16.0 Å². The van der Waals surface area contributed by atoms with E-state index in [1.807, 2.05) is 9.80 Å².